The number of rotatable bonds is 4. The Morgan fingerprint density at radius 2 is 2.08 bits per heavy atom. The molecule has 0 aliphatic carbocycles. The van der Waals surface area contributed by atoms with E-state index in [1.54, 1.807) is 22.5 Å². The van der Waals surface area contributed by atoms with Crippen LogP contribution in [0.2, 0.25) is 0 Å². The maximum atomic E-state index is 12.2. The average Bonchev–Trinajstić information content (AvgIpc) is 3.14. The topological polar surface area (TPSA) is 61.8 Å². The highest BCUT2D eigenvalue weighted by Gasteiger charge is 2.35. The second-order valence-corrected chi connectivity index (χ2v) is 7.80. The summed E-state index contributed by atoms with van der Waals surface area (Å²) in [5.41, 5.74) is 3.34. The Kier molecular flexibility index (Phi) is 5.11. The molecule has 7 heteroatoms. The van der Waals surface area contributed by atoms with Crippen LogP contribution < -0.4 is 10.3 Å². The molecular weight excluding hydrogens is 390 g/mol. The van der Waals surface area contributed by atoms with Gasteiger partial charge in [0.15, 0.2) is 0 Å². The van der Waals surface area contributed by atoms with Gasteiger partial charge < -0.3 is 4.90 Å². The standard InChI is InChI=1S/C17H16BrN3O2S/c1-11-2-7-15(24-11)9-19-20-17(23)12-8-16(22)21(10-12)14-5-3-13(18)4-6-14/h2-7,9,12H,8,10H2,1H3,(H,20,23)/b19-9-/t12-/m1/s1. The van der Waals surface area contributed by atoms with Crippen LogP contribution in [0.15, 0.2) is 46.0 Å². The first-order valence-electron chi connectivity index (χ1n) is 7.48. The highest BCUT2D eigenvalue weighted by molar-refractivity contribution is 9.10. The van der Waals surface area contributed by atoms with Crippen molar-refractivity contribution < 1.29 is 9.59 Å². The molecule has 1 N–H and O–H groups in total. The van der Waals surface area contributed by atoms with Gasteiger partial charge >= 0.3 is 0 Å². The van der Waals surface area contributed by atoms with Gasteiger partial charge in [0.2, 0.25) is 11.8 Å². The molecule has 0 unspecified atom stereocenters. The number of nitrogens with zero attached hydrogens (tertiary/aromatic N) is 2. The molecule has 1 aromatic carbocycles. The van der Waals surface area contributed by atoms with Crippen LogP contribution in [0.4, 0.5) is 5.69 Å². The van der Waals surface area contributed by atoms with Crippen molar-refractivity contribution in [2.75, 3.05) is 11.4 Å². The quantitative estimate of drug-likeness (QED) is 0.626. The molecule has 1 fully saturated rings. The fourth-order valence-electron chi connectivity index (χ4n) is 2.53. The number of anilines is 1. The molecule has 24 heavy (non-hydrogen) atoms. The fourth-order valence-corrected chi connectivity index (χ4v) is 3.54. The number of halogens is 1. The van der Waals surface area contributed by atoms with E-state index >= 15 is 0 Å². The van der Waals surface area contributed by atoms with Gasteiger partial charge in [0.25, 0.3) is 0 Å². The minimum Gasteiger partial charge on any atom is -0.312 e. The van der Waals surface area contributed by atoms with E-state index in [9.17, 15) is 9.59 Å². The Morgan fingerprint density at radius 1 is 1.33 bits per heavy atom. The number of hydrogen-bond donors (Lipinski definition) is 1. The van der Waals surface area contributed by atoms with Gasteiger partial charge in [-0.25, -0.2) is 5.43 Å². The van der Waals surface area contributed by atoms with E-state index in [0.29, 0.717) is 6.54 Å². The van der Waals surface area contributed by atoms with Crippen LogP contribution in [-0.4, -0.2) is 24.6 Å². The third-order valence-corrected chi connectivity index (χ3v) is 5.23. The zero-order valence-electron chi connectivity index (χ0n) is 13.0. The predicted octanol–water partition coefficient (Wildman–Crippen LogP) is 3.32. The van der Waals surface area contributed by atoms with E-state index in [1.165, 1.54) is 4.88 Å². The lowest BCUT2D eigenvalue weighted by Crippen LogP contribution is -2.30. The van der Waals surface area contributed by atoms with Gasteiger partial charge in [0.05, 0.1) is 12.1 Å². The molecule has 1 saturated heterocycles. The van der Waals surface area contributed by atoms with Crippen molar-refractivity contribution in [2.24, 2.45) is 11.0 Å². The number of hydrazone groups is 1. The van der Waals surface area contributed by atoms with Crippen LogP contribution in [0.5, 0.6) is 0 Å². The van der Waals surface area contributed by atoms with E-state index in [0.717, 1.165) is 15.0 Å². The molecule has 0 radical (unpaired) electrons. The van der Waals surface area contributed by atoms with Gasteiger partial charge in [-0.05, 0) is 43.3 Å². The third-order valence-electron chi connectivity index (χ3n) is 3.76. The van der Waals surface area contributed by atoms with Crippen LogP contribution >= 0.6 is 27.3 Å². The van der Waals surface area contributed by atoms with Gasteiger partial charge in [0, 0.05) is 32.9 Å². The molecule has 2 amide bonds. The number of amides is 2. The summed E-state index contributed by atoms with van der Waals surface area (Å²) in [6.07, 6.45) is 1.83. The molecule has 5 nitrogen and oxygen atoms in total. The molecule has 124 valence electrons. The number of benzene rings is 1. The van der Waals surface area contributed by atoms with Gasteiger partial charge in [-0.15, -0.1) is 11.3 Å². The molecule has 0 saturated carbocycles. The Labute approximate surface area is 152 Å². The second-order valence-electron chi connectivity index (χ2n) is 5.56. The van der Waals surface area contributed by atoms with E-state index in [-0.39, 0.29) is 24.2 Å². The second kappa shape index (κ2) is 7.27. The summed E-state index contributed by atoms with van der Waals surface area (Å²) < 4.78 is 0.949. The minimum absolute atomic E-state index is 0.0460. The fraction of sp³-hybridized carbons (Fsp3) is 0.235. The molecule has 1 aromatic heterocycles. The number of carbonyl (C=O) groups is 2. The van der Waals surface area contributed by atoms with Crippen molar-refractivity contribution in [1.29, 1.82) is 0 Å². The smallest absolute Gasteiger partial charge is 0.245 e. The SMILES string of the molecule is Cc1ccc(/C=N\NC(=O)[C@@H]2CC(=O)N(c3ccc(Br)cc3)C2)s1. The van der Waals surface area contributed by atoms with Crippen molar-refractivity contribution in [3.63, 3.8) is 0 Å². The summed E-state index contributed by atoms with van der Waals surface area (Å²) in [7, 11) is 0. The maximum absolute atomic E-state index is 12.2. The van der Waals surface area contributed by atoms with E-state index in [1.807, 2.05) is 43.3 Å². The van der Waals surface area contributed by atoms with Crippen molar-refractivity contribution >= 4 is 51.0 Å². The number of aryl methyl sites for hydroxylation is 1. The van der Waals surface area contributed by atoms with Crippen molar-refractivity contribution in [2.45, 2.75) is 13.3 Å². The largest absolute Gasteiger partial charge is 0.312 e. The first kappa shape index (κ1) is 16.9. The lowest BCUT2D eigenvalue weighted by Gasteiger charge is -2.16. The summed E-state index contributed by atoms with van der Waals surface area (Å²) in [6, 6.07) is 11.4. The highest BCUT2D eigenvalue weighted by Crippen LogP contribution is 2.26. The summed E-state index contributed by atoms with van der Waals surface area (Å²) in [6.45, 7) is 2.39. The van der Waals surface area contributed by atoms with Crippen molar-refractivity contribution in [3.8, 4) is 0 Å². The molecule has 0 bridgehead atoms. The van der Waals surface area contributed by atoms with E-state index < -0.39 is 0 Å². The summed E-state index contributed by atoms with van der Waals surface area (Å²) >= 11 is 4.97. The van der Waals surface area contributed by atoms with Crippen LogP contribution in [0, 0.1) is 12.8 Å². The number of thiophene rings is 1. The molecule has 1 atom stereocenters. The minimum atomic E-state index is -0.386. The first-order chi connectivity index (χ1) is 11.5. The molecule has 3 rings (SSSR count). The van der Waals surface area contributed by atoms with Crippen LogP contribution in [0.25, 0.3) is 0 Å². The van der Waals surface area contributed by atoms with Crippen molar-refractivity contribution in [1.82, 2.24) is 5.43 Å². The molecule has 1 aliphatic heterocycles. The predicted molar refractivity (Wildman–Crippen MR) is 99.4 cm³/mol. The Hall–Kier alpha value is -1.99. The Bertz CT molecular complexity index is 785. The Balaban J connectivity index is 1.59. The molecule has 2 aromatic rings. The summed E-state index contributed by atoms with van der Waals surface area (Å²) in [5.74, 6) is -0.661. The zero-order chi connectivity index (χ0) is 17.1. The first-order valence-corrected chi connectivity index (χ1v) is 9.09. The number of carbonyl (C=O) groups excluding carboxylic acids is 2. The highest BCUT2D eigenvalue weighted by atomic mass is 79.9. The summed E-state index contributed by atoms with van der Waals surface area (Å²) in [4.78, 5) is 28.2. The number of hydrogen-bond acceptors (Lipinski definition) is 4. The zero-order valence-corrected chi connectivity index (χ0v) is 15.4. The maximum Gasteiger partial charge on any atom is 0.245 e. The van der Waals surface area contributed by atoms with Gasteiger partial charge in [-0.2, -0.15) is 5.10 Å². The summed E-state index contributed by atoms with van der Waals surface area (Å²) in [5, 5.41) is 3.98. The Morgan fingerprint density at radius 3 is 2.75 bits per heavy atom. The molecule has 0 spiro atoms. The van der Waals surface area contributed by atoms with Crippen LogP contribution in [0.3, 0.4) is 0 Å². The molecule has 1 aliphatic rings. The van der Waals surface area contributed by atoms with Gasteiger partial charge in [-0.1, -0.05) is 15.9 Å². The van der Waals surface area contributed by atoms with Crippen LogP contribution in [0.1, 0.15) is 16.2 Å². The lowest BCUT2D eigenvalue weighted by molar-refractivity contribution is -0.126. The van der Waals surface area contributed by atoms with E-state index in [4.69, 9.17) is 0 Å². The average molecular weight is 406 g/mol. The van der Waals surface area contributed by atoms with Gasteiger partial charge in [0.1, 0.15) is 0 Å². The normalized spacial score (nSPS) is 17.7. The van der Waals surface area contributed by atoms with E-state index in [2.05, 4.69) is 26.5 Å². The monoisotopic (exact) mass is 405 g/mol. The molecular formula is C17H16BrN3O2S. The van der Waals surface area contributed by atoms with Crippen LogP contribution in [-0.2, 0) is 9.59 Å². The van der Waals surface area contributed by atoms with Gasteiger partial charge in [-0.3, -0.25) is 9.59 Å². The lowest BCUT2D eigenvalue weighted by atomic mass is 10.1. The van der Waals surface area contributed by atoms with Crippen molar-refractivity contribution in [3.05, 3.63) is 50.6 Å². The number of nitrogens with one attached hydrogen (secondary N) is 1. The third kappa shape index (κ3) is 3.91. The molecule has 2 heterocycles.